The Kier molecular flexibility index (Phi) is 4.38. The van der Waals surface area contributed by atoms with Crippen LogP contribution in [0.3, 0.4) is 0 Å². The first-order valence-corrected chi connectivity index (χ1v) is 6.90. The van der Waals surface area contributed by atoms with Gasteiger partial charge in [-0.3, -0.25) is 4.68 Å². The maximum absolute atomic E-state index is 10.3. The zero-order valence-electron chi connectivity index (χ0n) is 11.9. The van der Waals surface area contributed by atoms with Crippen LogP contribution in [-0.4, -0.2) is 14.9 Å². The summed E-state index contributed by atoms with van der Waals surface area (Å²) in [4.78, 5) is 0. The molecule has 1 aromatic carbocycles. The molecule has 1 aromatic heterocycles. The minimum Gasteiger partial charge on any atom is -0.386 e. The highest BCUT2D eigenvalue weighted by molar-refractivity contribution is 5.25. The molecule has 2 aromatic rings. The fourth-order valence-corrected chi connectivity index (χ4v) is 2.26. The van der Waals surface area contributed by atoms with E-state index in [9.17, 15) is 5.11 Å². The number of hydrogen-bond acceptors (Lipinski definition) is 2. The molecule has 2 rings (SSSR count). The predicted octanol–water partition coefficient (Wildman–Crippen LogP) is 3.30. The number of aromatic nitrogens is 2. The van der Waals surface area contributed by atoms with Gasteiger partial charge in [-0.25, -0.2) is 0 Å². The SMILES string of the molecule is CCn1nccc1C(O)Cc1ccc(C(C)C)cc1. The van der Waals surface area contributed by atoms with Crippen LogP contribution in [0.2, 0.25) is 0 Å². The third kappa shape index (κ3) is 3.24. The molecular formula is C16H22N2O. The molecular weight excluding hydrogens is 236 g/mol. The summed E-state index contributed by atoms with van der Waals surface area (Å²) in [6.07, 6.45) is 1.88. The Balaban J connectivity index is 2.08. The van der Waals surface area contributed by atoms with Crippen LogP contribution in [0.25, 0.3) is 0 Å². The summed E-state index contributed by atoms with van der Waals surface area (Å²) in [5.41, 5.74) is 3.37. The highest BCUT2D eigenvalue weighted by Crippen LogP contribution is 2.20. The van der Waals surface area contributed by atoms with E-state index in [-0.39, 0.29) is 0 Å². The Hall–Kier alpha value is -1.61. The lowest BCUT2D eigenvalue weighted by Crippen LogP contribution is -2.10. The lowest BCUT2D eigenvalue weighted by Gasteiger charge is -2.13. The van der Waals surface area contributed by atoms with Crippen molar-refractivity contribution < 1.29 is 5.11 Å². The molecule has 0 radical (unpaired) electrons. The molecule has 0 saturated carbocycles. The first-order chi connectivity index (χ1) is 9.11. The summed E-state index contributed by atoms with van der Waals surface area (Å²) in [7, 11) is 0. The Morgan fingerprint density at radius 1 is 1.16 bits per heavy atom. The fraction of sp³-hybridized carbons (Fsp3) is 0.438. The van der Waals surface area contributed by atoms with E-state index in [1.807, 2.05) is 17.7 Å². The third-order valence-electron chi connectivity index (χ3n) is 3.47. The summed E-state index contributed by atoms with van der Waals surface area (Å²) >= 11 is 0. The Bertz CT molecular complexity index is 514. The predicted molar refractivity (Wildman–Crippen MR) is 77.1 cm³/mol. The number of aryl methyl sites for hydroxylation is 1. The molecule has 3 nitrogen and oxygen atoms in total. The van der Waals surface area contributed by atoms with Crippen LogP contribution in [0.1, 0.15) is 49.6 Å². The van der Waals surface area contributed by atoms with Crippen molar-refractivity contribution in [3.63, 3.8) is 0 Å². The molecule has 1 heterocycles. The topological polar surface area (TPSA) is 38.0 Å². The van der Waals surface area contributed by atoms with Crippen LogP contribution in [0.5, 0.6) is 0 Å². The number of aliphatic hydroxyl groups excluding tert-OH is 1. The zero-order valence-corrected chi connectivity index (χ0v) is 11.9. The van der Waals surface area contributed by atoms with Crippen LogP contribution < -0.4 is 0 Å². The van der Waals surface area contributed by atoms with E-state index in [0.717, 1.165) is 17.8 Å². The number of rotatable bonds is 5. The Morgan fingerprint density at radius 2 is 1.84 bits per heavy atom. The largest absolute Gasteiger partial charge is 0.386 e. The second-order valence-electron chi connectivity index (χ2n) is 5.19. The van der Waals surface area contributed by atoms with E-state index in [1.165, 1.54) is 5.56 Å². The second kappa shape index (κ2) is 6.02. The molecule has 0 bridgehead atoms. The van der Waals surface area contributed by atoms with Crippen LogP contribution >= 0.6 is 0 Å². The molecule has 102 valence electrons. The minimum atomic E-state index is -0.493. The van der Waals surface area contributed by atoms with Crippen molar-refractivity contribution in [3.8, 4) is 0 Å². The molecule has 1 unspecified atom stereocenters. The van der Waals surface area contributed by atoms with Crippen LogP contribution in [0.4, 0.5) is 0 Å². The van der Waals surface area contributed by atoms with Gasteiger partial charge in [-0.2, -0.15) is 5.10 Å². The normalized spacial score (nSPS) is 12.9. The lowest BCUT2D eigenvalue weighted by atomic mass is 9.99. The van der Waals surface area contributed by atoms with E-state index in [4.69, 9.17) is 0 Å². The van der Waals surface area contributed by atoms with Gasteiger partial charge < -0.3 is 5.11 Å². The quantitative estimate of drug-likeness (QED) is 0.893. The van der Waals surface area contributed by atoms with Gasteiger partial charge in [0.25, 0.3) is 0 Å². The molecule has 0 aliphatic heterocycles. The monoisotopic (exact) mass is 258 g/mol. The van der Waals surface area contributed by atoms with Crippen molar-refractivity contribution in [2.45, 2.75) is 45.8 Å². The molecule has 0 aliphatic carbocycles. The summed E-state index contributed by atoms with van der Waals surface area (Å²) in [6, 6.07) is 10.4. The van der Waals surface area contributed by atoms with E-state index in [2.05, 4.69) is 43.2 Å². The smallest absolute Gasteiger partial charge is 0.0996 e. The fourth-order valence-electron chi connectivity index (χ4n) is 2.26. The first-order valence-electron chi connectivity index (χ1n) is 6.90. The summed E-state index contributed by atoms with van der Waals surface area (Å²) in [5.74, 6) is 0.542. The van der Waals surface area contributed by atoms with Crippen LogP contribution in [0.15, 0.2) is 36.5 Å². The van der Waals surface area contributed by atoms with Gasteiger partial charge in [0.05, 0.1) is 11.8 Å². The van der Waals surface area contributed by atoms with E-state index < -0.39 is 6.10 Å². The first kappa shape index (κ1) is 13.8. The molecule has 0 fully saturated rings. The van der Waals surface area contributed by atoms with Gasteiger partial charge in [0, 0.05) is 19.2 Å². The van der Waals surface area contributed by atoms with Crippen LogP contribution in [-0.2, 0) is 13.0 Å². The second-order valence-corrected chi connectivity index (χ2v) is 5.19. The molecule has 0 saturated heterocycles. The third-order valence-corrected chi connectivity index (χ3v) is 3.47. The number of benzene rings is 1. The maximum atomic E-state index is 10.3. The average molecular weight is 258 g/mol. The standard InChI is InChI=1S/C16H22N2O/c1-4-18-15(9-10-17-18)16(19)11-13-5-7-14(8-6-13)12(2)3/h5-10,12,16,19H,4,11H2,1-3H3. The van der Waals surface area contributed by atoms with Crippen molar-refractivity contribution in [1.29, 1.82) is 0 Å². The van der Waals surface area contributed by atoms with E-state index in [1.54, 1.807) is 6.20 Å². The number of nitrogens with zero attached hydrogens (tertiary/aromatic N) is 2. The molecule has 3 heteroatoms. The van der Waals surface area contributed by atoms with E-state index in [0.29, 0.717) is 12.3 Å². The van der Waals surface area contributed by atoms with Gasteiger partial charge >= 0.3 is 0 Å². The highest BCUT2D eigenvalue weighted by atomic mass is 16.3. The Morgan fingerprint density at radius 3 is 2.42 bits per heavy atom. The van der Waals surface area contributed by atoms with Gasteiger partial charge in [-0.15, -0.1) is 0 Å². The number of aliphatic hydroxyl groups is 1. The molecule has 0 spiro atoms. The summed E-state index contributed by atoms with van der Waals surface area (Å²) in [5, 5.41) is 14.5. The Labute approximate surface area is 114 Å². The van der Waals surface area contributed by atoms with Crippen LogP contribution in [0, 0.1) is 0 Å². The zero-order chi connectivity index (χ0) is 13.8. The lowest BCUT2D eigenvalue weighted by molar-refractivity contribution is 0.167. The van der Waals surface area contributed by atoms with Crippen molar-refractivity contribution >= 4 is 0 Å². The van der Waals surface area contributed by atoms with Gasteiger partial charge in [-0.1, -0.05) is 38.1 Å². The maximum Gasteiger partial charge on any atom is 0.0996 e. The van der Waals surface area contributed by atoms with Gasteiger partial charge in [0.2, 0.25) is 0 Å². The summed E-state index contributed by atoms with van der Waals surface area (Å²) < 4.78 is 1.84. The minimum absolute atomic E-state index is 0.493. The van der Waals surface area contributed by atoms with E-state index >= 15 is 0 Å². The molecule has 0 aliphatic rings. The van der Waals surface area contributed by atoms with Gasteiger partial charge in [-0.05, 0) is 30.0 Å². The average Bonchev–Trinajstić information content (AvgIpc) is 2.87. The molecule has 1 N–H and O–H groups in total. The molecule has 1 atom stereocenters. The number of hydrogen-bond donors (Lipinski definition) is 1. The van der Waals surface area contributed by atoms with Gasteiger partial charge in [0.15, 0.2) is 0 Å². The summed E-state index contributed by atoms with van der Waals surface area (Å²) in [6.45, 7) is 7.18. The van der Waals surface area contributed by atoms with Crippen molar-refractivity contribution in [1.82, 2.24) is 9.78 Å². The van der Waals surface area contributed by atoms with Crippen molar-refractivity contribution in [3.05, 3.63) is 53.3 Å². The highest BCUT2D eigenvalue weighted by Gasteiger charge is 2.13. The molecule has 19 heavy (non-hydrogen) atoms. The van der Waals surface area contributed by atoms with Gasteiger partial charge in [0.1, 0.15) is 0 Å². The molecule has 0 amide bonds. The van der Waals surface area contributed by atoms with Crippen molar-refractivity contribution in [2.24, 2.45) is 0 Å². The van der Waals surface area contributed by atoms with Crippen molar-refractivity contribution in [2.75, 3.05) is 0 Å².